The van der Waals surface area contributed by atoms with Crippen molar-refractivity contribution in [3.05, 3.63) is 124 Å². The van der Waals surface area contributed by atoms with Gasteiger partial charge < -0.3 is 9.26 Å². The SMILES string of the molecule is COc1ccc(C(=C2c3ccccc3-c3ccccc32)c2nc(-c3c(C)cc(C)cc3C)no2)cc1. The zero-order valence-electron chi connectivity index (χ0n) is 20.8. The van der Waals surface area contributed by atoms with Crippen molar-refractivity contribution in [2.45, 2.75) is 20.8 Å². The Balaban J connectivity index is 1.63. The molecule has 0 amide bonds. The molecule has 0 aliphatic heterocycles. The van der Waals surface area contributed by atoms with Gasteiger partial charge in [-0.3, -0.25) is 0 Å². The molecule has 0 atom stereocenters. The summed E-state index contributed by atoms with van der Waals surface area (Å²) in [5.74, 6) is 1.90. The standard InChI is InChI=1S/C32H26N2O2/c1-19-17-20(2)28(21(3)18-19)31-33-32(36-34-31)29(22-13-15-23(35-4)16-14-22)30-26-11-7-5-9-24(26)25-10-6-8-12-27(25)30/h5-18H,1-4H3. The molecule has 0 radical (unpaired) electrons. The third-order valence-corrected chi connectivity index (χ3v) is 6.85. The van der Waals surface area contributed by atoms with E-state index in [0.29, 0.717) is 11.7 Å². The first kappa shape index (κ1) is 22.1. The van der Waals surface area contributed by atoms with E-state index in [-0.39, 0.29) is 0 Å². The van der Waals surface area contributed by atoms with E-state index in [1.54, 1.807) is 7.11 Å². The maximum atomic E-state index is 6.02. The zero-order chi connectivity index (χ0) is 24.8. The van der Waals surface area contributed by atoms with Crippen molar-refractivity contribution in [3.8, 4) is 28.3 Å². The average molecular weight is 471 g/mol. The number of hydrogen-bond donors (Lipinski definition) is 0. The molecule has 1 aromatic heterocycles. The molecule has 0 saturated heterocycles. The van der Waals surface area contributed by atoms with Crippen LogP contribution in [0.3, 0.4) is 0 Å². The van der Waals surface area contributed by atoms with Crippen molar-refractivity contribution in [2.24, 2.45) is 0 Å². The molecule has 4 nitrogen and oxygen atoms in total. The predicted octanol–water partition coefficient (Wildman–Crippen LogP) is 7.66. The number of hydrogen-bond acceptors (Lipinski definition) is 4. The van der Waals surface area contributed by atoms with Crippen LogP contribution in [0, 0.1) is 20.8 Å². The predicted molar refractivity (Wildman–Crippen MR) is 144 cm³/mol. The lowest BCUT2D eigenvalue weighted by molar-refractivity contribution is 0.408. The second-order valence-electron chi connectivity index (χ2n) is 9.27. The number of nitrogens with zero attached hydrogens (tertiary/aromatic N) is 2. The van der Waals surface area contributed by atoms with Gasteiger partial charge in [0.15, 0.2) is 0 Å². The molecular weight excluding hydrogens is 444 g/mol. The van der Waals surface area contributed by atoms with E-state index in [2.05, 4.69) is 98.7 Å². The lowest BCUT2D eigenvalue weighted by Crippen LogP contribution is -1.96. The van der Waals surface area contributed by atoms with E-state index in [4.69, 9.17) is 14.2 Å². The minimum Gasteiger partial charge on any atom is -0.497 e. The van der Waals surface area contributed by atoms with Gasteiger partial charge in [0.2, 0.25) is 5.82 Å². The number of ether oxygens (including phenoxy) is 1. The van der Waals surface area contributed by atoms with Crippen LogP contribution in [0.4, 0.5) is 0 Å². The van der Waals surface area contributed by atoms with Crippen molar-refractivity contribution < 1.29 is 9.26 Å². The molecule has 1 aliphatic rings. The summed E-state index contributed by atoms with van der Waals surface area (Å²) in [6, 6.07) is 29.4. The largest absolute Gasteiger partial charge is 0.497 e. The third-order valence-electron chi connectivity index (χ3n) is 6.85. The molecule has 4 aromatic carbocycles. The van der Waals surface area contributed by atoms with Crippen molar-refractivity contribution >= 4 is 11.1 Å². The first-order valence-corrected chi connectivity index (χ1v) is 12.1. The quantitative estimate of drug-likeness (QED) is 0.265. The molecule has 6 rings (SSSR count). The summed E-state index contributed by atoms with van der Waals surface area (Å²) >= 11 is 0. The Labute approximate surface area is 210 Å². The molecule has 1 aliphatic carbocycles. The fourth-order valence-electron chi connectivity index (χ4n) is 5.38. The van der Waals surface area contributed by atoms with Gasteiger partial charge in [0.05, 0.1) is 12.7 Å². The molecule has 4 heteroatoms. The van der Waals surface area contributed by atoms with Gasteiger partial charge in [0, 0.05) is 11.1 Å². The summed E-state index contributed by atoms with van der Waals surface area (Å²) in [5, 5.41) is 4.46. The van der Waals surface area contributed by atoms with Crippen LogP contribution in [0.2, 0.25) is 0 Å². The molecule has 0 saturated carbocycles. The molecule has 0 spiro atoms. The normalized spacial score (nSPS) is 11.8. The highest BCUT2D eigenvalue weighted by Crippen LogP contribution is 2.48. The van der Waals surface area contributed by atoms with E-state index in [9.17, 15) is 0 Å². The van der Waals surface area contributed by atoms with E-state index in [1.807, 2.05) is 12.1 Å². The summed E-state index contributed by atoms with van der Waals surface area (Å²) in [6.07, 6.45) is 0. The fourth-order valence-corrected chi connectivity index (χ4v) is 5.38. The van der Waals surface area contributed by atoms with Crippen LogP contribution < -0.4 is 4.74 Å². The minimum atomic E-state index is 0.496. The Morgan fingerprint density at radius 2 is 1.28 bits per heavy atom. The highest BCUT2D eigenvalue weighted by atomic mass is 16.5. The highest BCUT2D eigenvalue weighted by Gasteiger charge is 2.29. The van der Waals surface area contributed by atoms with Crippen LogP contribution in [0.15, 0.2) is 89.5 Å². The summed E-state index contributed by atoms with van der Waals surface area (Å²) in [7, 11) is 1.67. The zero-order valence-corrected chi connectivity index (χ0v) is 20.8. The van der Waals surface area contributed by atoms with Gasteiger partial charge in [-0.15, -0.1) is 0 Å². The molecule has 176 valence electrons. The minimum absolute atomic E-state index is 0.496. The van der Waals surface area contributed by atoms with Crippen molar-refractivity contribution in [3.63, 3.8) is 0 Å². The summed E-state index contributed by atoms with van der Waals surface area (Å²) < 4.78 is 11.4. The van der Waals surface area contributed by atoms with Gasteiger partial charge in [-0.05, 0) is 71.8 Å². The van der Waals surface area contributed by atoms with E-state index < -0.39 is 0 Å². The van der Waals surface area contributed by atoms with Crippen LogP contribution in [0.25, 0.3) is 33.7 Å². The molecular formula is C32H26N2O2. The fraction of sp³-hybridized carbons (Fsp3) is 0.125. The lowest BCUT2D eigenvalue weighted by Gasteiger charge is -2.12. The van der Waals surface area contributed by atoms with Crippen LogP contribution in [0.1, 0.15) is 39.3 Å². The molecule has 36 heavy (non-hydrogen) atoms. The maximum Gasteiger partial charge on any atom is 0.259 e. The second kappa shape index (κ2) is 8.65. The number of fused-ring (bicyclic) bond motifs is 3. The number of benzene rings is 4. The molecule has 0 N–H and O–H groups in total. The summed E-state index contributed by atoms with van der Waals surface area (Å²) in [5.41, 5.74) is 12.2. The van der Waals surface area contributed by atoms with Crippen molar-refractivity contribution in [1.29, 1.82) is 0 Å². The Bertz CT molecular complexity index is 1570. The first-order valence-electron chi connectivity index (χ1n) is 12.1. The summed E-state index contributed by atoms with van der Waals surface area (Å²) in [6.45, 7) is 6.29. The maximum absolute atomic E-state index is 6.02. The number of methoxy groups -OCH3 is 1. The van der Waals surface area contributed by atoms with Crippen molar-refractivity contribution in [1.82, 2.24) is 10.1 Å². The van der Waals surface area contributed by atoms with Crippen LogP contribution in [-0.2, 0) is 0 Å². The molecule has 1 heterocycles. The Hall–Kier alpha value is -4.44. The monoisotopic (exact) mass is 470 g/mol. The van der Waals surface area contributed by atoms with Crippen LogP contribution in [0.5, 0.6) is 5.75 Å². The second-order valence-corrected chi connectivity index (χ2v) is 9.27. The lowest BCUT2D eigenvalue weighted by atomic mass is 9.92. The van der Waals surface area contributed by atoms with Gasteiger partial charge in [-0.1, -0.05) is 83.5 Å². The Morgan fingerprint density at radius 1 is 0.722 bits per heavy atom. The van der Waals surface area contributed by atoms with E-state index in [0.717, 1.165) is 50.3 Å². The van der Waals surface area contributed by atoms with Gasteiger partial charge in [-0.2, -0.15) is 4.98 Å². The smallest absolute Gasteiger partial charge is 0.259 e. The molecule has 0 fully saturated rings. The molecule has 5 aromatic rings. The van der Waals surface area contributed by atoms with Crippen molar-refractivity contribution in [2.75, 3.05) is 7.11 Å². The van der Waals surface area contributed by atoms with E-state index >= 15 is 0 Å². The van der Waals surface area contributed by atoms with Gasteiger partial charge in [0.1, 0.15) is 5.75 Å². The Morgan fingerprint density at radius 3 is 1.83 bits per heavy atom. The van der Waals surface area contributed by atoms with Crippen LogP contribution in [-0.4, -0.2) is 17.3 Å². The highest BCUT2D eigenvalue weighted by molar-refractivity contribution is 6.12. The van der Waals surface area contributed by atoms with Gasteiger partial charge in [-0.25, -0.2) is 0 Å². The first-order chi connectivity index (χ1) is 17.5. The average Bonchev–Trinajstić information content (AvgIpc) is 3.48. The van der Waals surface area contributed by atoms with Gasteiger partial charge in [0.25, 0.3) is 5.89 Å². The number of rotatable bonds is 4. The van der Waals surface area contributed by atoms with E-state index in [1.165, 1.54) is 16.7 Å². The number of aryl methyl sites for hydroxylation is 3. The van der Waals surface area contributed by atoms with Crippen LogP contribution >= 0.6 is 0 Å². The molecule has 0 bridgehead atoms. The Kier molecular flexibility index (Phi) is 5.30. The third kappa shape index (κ3) is 3.54. The topological polar surface area (TPSA) is 48.2 Å². The molecule has 0 unspecified atom stereocenters. The van der Waals surface area contributed by atoms with Gasteiger partial charge >= 0.3 is 0 Å². The number of aromatic nitrogens is 2. The summed E-state index contributed by atoms with van der Waals surface area (Å²) in [4.78, 5) is 4.97.